The Kier molecular flexibility index (Phi) is 5.25. The molecule has 0 saturated carbocycles. The van der Waals surface area contributed by atoms with Crippen molar-refractivity contribution in [2.75, 3.05) is 26.2 Å². The molecule has 0 aromatic carbocycles. The standard InChI is InChI=1S/C12H21ClN2O2/c1-9(2)8-11(16)14-4-6-15(7-5-14)12(17)10(3)13/h9-10H,4-8H2,1-3H3. The van der Waals surface area contributed by atoms with Crippen molar-refractivity contribution < 1.29 is 9.59 Å². The van der Waals surface area contributed by atoms with Gasteiger partial charge in [0.2, 0.25) is 11.8 Å². The predicted octanol–water partition coefficient (Wildman–Crippen LogP) is 1.33. The van der Waals surface area contributed by atoms with Crippen LogP contribution in [-0.2, 0) is 9.59 Å². The molecule has 0 spiro atoms. The van der Waals surface area contributed by atoms with Crippen molar-refractivity contribution in [3.05, 3.63) is 0 Å². The molecule has 1 saturated heterocycles. The van der Waals surface area contributed by atoms with Gasteiger partial charge in [0.05, 0.1) is 0 Å². The van der Waals surface area contributed by atoms with E-state index in [2.05, 4.69) is 0 Å². The fourth-order valence-corrected chi connectivity index (χ4v) is 2.04. The Morgan fingerprint density at radius 2 is 1.53 bits per heavy atom. The summed E-state index contributed by atoms with van der Waals surface area (Å²) in [6.45, 7) is 8.20. The number of carbonyl (C=O) groups excluding carboxylic acids is 2. The highest BCUT2D eigenvalue weighted by atomic mass is 35.5. The van der Waals surface area contributed by atoms with E-state index in [1.54, 1.807) is 11.8 Å². The van der Waals surface area contributed by atoms with Gasteiger partial charge >= 0.3 is 0 Å². The molecule has 1 rings (SSSR count). The largest absolute Gasteiger partial charge is 0.339 e. The van der Waals surface area contributed by atoms with Crippen molar-refractivity contribution in [3.63, 3.8) is 0 Å². The van der Waals surface area contributed by atoms with E-state index in [4.69, 9.17) is 11.6 Å². The average Bonchev–Trinajstić information content (AvgIpc) is 2.27. The Balaban J connectivity index is 2.40. The summed E-state index contributed by atoms with van der Waals surface area (Å²) in [5.41, 5.74) is 0. The first-order valence-electron chi connectivity index (χ1n) is 6.12. The fourth-order valence-electron chi connectivity index (χ4n) is 1.91. The van der Waals surface area contributed by atoms with Gasteiger partial charge in [-0.2, -0.15) is 0 Å². The zero-order valence-corrected chi connectivity index (χ0v) is 11.5. The van der Waals surface area contributed by atoms with Crippen LogP contribution < -0.4 is 0 Å². The van der Waals surface area contributed by atoms with E-state index < -0.39 is 5.38 Å². The first kappa shape index (κ1) is 14.3. The van der Waals surface area contributed by atoms with Crippen LogP contribution >= 0.6 is 11.6 Å². The van der Waals surface area contributed by atoms with Crippen LogP contribution in [0.5, 0.6) is 0 Å². The molecule has 1 heterocycles. The Labute approximate surface area is 108 Å². The third-order valence-electron chi connectivity index (χ3n) is 2.87. The third kappa shape index (κ3) is 4.19. The van der Waals surface area contributed by atoms with Crippen LogP contribution in [0.1, 0.15) is 27.2 Å². The maximum atomic E-state index is 11.8. The van der Waals surface area contributed by atoms with Crippen molar-refractivity contribution in [2.45, 2.75) is 32.6 Å². The van der Waals surface area contributed by atoms with E-state index >= 15 is 0 Å². The van der Waals surface area contributed by atoms with E-state index in [9.17, 15) is 9.59 Å². The molecule has 0 aromatic heterocycles. The number of alkyl halides is 1. The summed E-state index contributed by atoms with van der Waals surface area (Å²) in [6, 6.07) is 0. The fraction of sp³-hybridized carbons (Fsp3) is 0.833. The van der Waals surface area contributed by atoms with Gasteiger partial charge in [-0.1, -0.05) is 13.8 Å². The van der Waals surface area contributed by atoms with Gasteiger partial charge in [-0.3, -0.25) is 9.59 Å². The summed E-state index contributed by atoms with van der Waals surface area (Å²) >= 11 is 5.76. The molecule has 0 bridgehead atoms. The molecule has 0 radical (unpaired) electrons. The van der Waals surface area contributed by atoms with Crippen LogP contribution in [-0.4, -0.2) is 53.2 Å². The highest BCUT2D eigenvalue weighted by Crippen LogP contribution is 2.10. The van der Waals surface area contributed by atoms with Crippen LogP contribution in [0.3, 0.4) is 0 Å². The van der Waals surface area contributed by atoms with Crippen LogP contribution in [0, 0.1) is 5.92 Å². The van der Waals surface area contributed by atoms with Crippen LogP contribution in [0.4, 0.5) is 0 Å². The van der Waals surface area contributed by atoms with E-state index in [1.807, 2.05) is 18.7 Å². The van der Waals surface area contributed by atoms with Crippen LogP contribution in [0.2, 0.25) is 0 Å². The molecule has 1 unspecified atom stereocenters. The van der Waals surface area contributed by atoms with Crippen molar-refractivity contribution in [3.8, 4) is 0 Å². The average molecular weight is 261 g/mol. The maximum Gasteiger partial charge on any atom is 0.240 e. The van der Waals surface area contributed by atoms with Gasteiger partial charge in [-0.05, 0) is 12.8 Å². The Hall–Kier alpha value is -0.770. The van der Waals surface area contributed by atoms with Crippen LogP contribution in [0.25, 0.3) is 0 Å². The van der Waals surface area contributed by atoms with Gasteiger partial charge in [-0.15, -0.1) is 11.6 Å². The number of amides is 2. The molecule has 1 aliphatic rings. The first-order chi connectivity index (χ1) is 7.91. The van der Waals surface area contributed by atoms with E-state index in [-0.39, 0.29) is 11.8 Å². The van der Waals surface area contributed by atoms with Gasteiger partial charge in [0.25, 0.3) is 0 Å². The molecule has 0 aliphatic carbocycles. The molecule has 0 aromatic rings. The zero-order valence-electron chi connectivity index (χ0n) is 10.8. The molecule has 1 aliphatic heterocycles. The highest BCUT2D eigenvalue weighted by Gasteiger charge is 2.25. The minimum Gasteiger partial charge on any atom is -0.339 e. The first-order valence-corrected chi connectivity index (χ1v) is 6.56. The Bertz CT molecular complexity index is 284. The summed E-state index contributed by atoms with van der Waals surface area (Å²) in [6.07, 6.45) is 0.583. The summed E-state index contributed by atoms with van der Waals surface area (Å²) in [4.78, 5) is 27.0. The smallest absolute Gasteiger partial charge is 0.240 e. The molecule has 1 fully saturated rings. The van der Waals surface area contributed by atoms with Crippen molar-refractivity contribution >= 4 is 23.4 Å². The SMILES string of the molecule is CC(C)CC(=O)N1CCN(C(=O)C(C)Cl)CC1. The molecule has 5 heteroatoms. The predicted molar refractivity (Wildman–Crippen MR) is 67.9 cm³/mol. The number of rotatable bonds is 3. The second-order valence-corrected chi connectivity index (χ2v) is 5.57. The summed E-state index contributed by atoms with van der Waals surface area (Å²) in [7, 11) is 0. The van der Waals surface area contributed by atoms with Gasteiger partial charge in [-0.25, -0.2) is 0 Å². The van der Waals surface area contributed by atoms with Gasteiger partial charge in [0, 0.05) is 32.6 Å². The van der Waals surface area contributed by atoms with Gasteiger partial charge < -0.3 is 9.80 Å². The minimum atomic E-state index is -0.479. The number of halogens is 1. The zero-order chi connectivity index (χ0) is 13.0. The Morgan fingerprint density at radius 3 is 1.94 bits per heavy atom. The number of piperazine rings is 1. The summed E-state index contributed by atoms with van der Waals surface area (Å²) < 4.78 is 0. The van der Waals surface area contributed by atoms with Crippen LogP contribution in [0.15, 0.2) is 0 Å². The van der Waals surface area contributed by atoms with E-state index in [0.717, 1.165) is 0 Å². The second kappa shape index (κ2) is 6.24. The summed E-state index contributed by atoms with van der Waals surface area (Å²) in [5, 5.41) is -0.479. The van der Waals surface area contributed by atoms with E-state index in [1.165, 1.54) is 0 Å². The molecular weight excluding hydrogens is 240 g/mol. The highest BCUT2D eigenvalue weighted by molar-refractivity contribution is 6.30. The third-order valence-corrected chi connectivity index (χ3v) is 3.05. The second-order valence-electron chi connectivity index (χ2n) is 4.92. The topological polar surface area (TPSA) is 40.6 Å². The maximum absolute atomic E-state index is 11.8. The lowest BCUT2D eigenvalue weighted by Crippen LogP contribution is -2.52. The van der Waals surface area contributed by atoms with Gasteiger partial charge in [0.1, 0.15) is 5.38 Å². The quantitative estimate of drug-likeness (QED) is 0.719. The Morgan fingerprint density at radius 1 is 1.06 bits per heavy atom. The molecular formula is C12H21ClN2O2. The lowest BCUT2D eigenvalue weighted by Gasteiger charge is -2.35. The lowest BCUT2D eigenvalue weighted by molar-refractivity contribution is -0.139. The molecule has 2 amide bonds. The monoisotopic (exact) mass is 260 g/mol. The number of nitrogens with zero attached hydrogens (tertiary/aromatic N) is 2. The molecule has 0 N–H and O–H groups in total. The van der Waals surface area contributed by atoms with Crippen molar-refractivity contribution in [2.24, 2.45) is 5.92 Å². The summed E-state index contributed by atoms with van der Waals surface area (Å²) in [5.74, 6) is 0.527. The minimum absolute atomic E-state index is 0.0392. The number of hydrogen-bond donors (Lipinski definition) is 0. The van der Waals surface area contributed by atoms with Gasteiger partial charge in [0.15, 0.2) is 0 Å². The lowest BCUT2D eigenvalue weighted by atomic mass is 10.1. The number of carbonyl (C=O) groups is 2. The van der Waals surface area contributed by atoms with E-state index in [0.29, 0.717) is 38.5 Å². The van der Waals surface area contributed by atoms with Crippen molar-refractivity contribution in [1.82, 2.24) is 9.80 Å². The number of hydrogen-bond acceptors (Lipinski definition) is 2. The molecule has 1 atom stereocenters. The van der Waals surface area contributed by atoms with Crippen molar-refractivity contribution in [1.29, 1.82) is 0 Å². The molecule has 17 heavy (non-hydrogen) atoms. The molecule has 4 nitrogen and oxygen atoms in total. The normalized spacial score (nSPS) is 18.4. The molecule has 98 valence electrons.